The Morgan fingerprint density at radius 3 is 3.00 bits per heavy atom. The van der Waals surface area contributed by atoms with E-state index >= 15 is 0 Å². The number of nitrogens with two attached hydrogens (primary N) is 1. The van der Waals surface area contributed by atoms with Gasteiger partial charge in [-0.05, 0) is 6.92 Å². The predicted octanol–water partition coefficient (Wildman–Crippen LogP) is -0.517. The average molecular weight is 181 g/mol. The fourth-order valence-electron chi connectivity index (χ4n) is 1.20. The maximum Gasteiger partial charge on any atom is 0.198 e. The summed E-state index contributed by atoms with van der Waals surface area (Å²) >= 11 is 0. The van der Waals surface area contributed by atoms with Crippen molar-refractivity contribution in [2.75, 3.05) is 12.3 Å². The summed E-state index contributed by atoms with van der Waals surface area (Å²) in [5, 5.41) is 15.7. The Morgan fingerprint density at radius 1 is 1.62 bits per heavy atom. The molecule has 0 saturated carbocycles. The topological polar surface area (TPSA) is 92.2 Å². The van der Waals surface area contributed by atoms with Gasteiger partial charge in [0.2, 0.25) is 0 Å². The minimum atomic E-state index is 0.0477. The summed E-state index contributed by atoms with van der Waals surface area (Å²) in [5.74, 6) is 0.598. The molecule has 0 bridgehead atoms. The molecule has 6 nitrogen and oxygen atoms in total. The van der Waals surface area contributed by atoms with Crippen LogP contribution in [-0.4, -0.2) is 31.5 Å². The normalized spacial score (nSPS) is 11.2. The standard InChI is InChI=1S/C7H11N5O/c1-4-6(8)7-9-5(2-3-13)11-12(7)10-4/h10,13H,2-3,8H2,1H3. The van der Waals surface area contributed by atoms with Crippen LogP contribution in [0.2, 0.25) is 0 Å². The molecular weight excluding hydrogens is 170 g/mol. The van der Waals surface area contributed by atoms with Crippen LogP contribution in [0.3, 0.4) is 0 Å². The number of aliphatic hydroxyl groups is 1. The van der Waals surface area contributed by atoms with Crippen LogP contribution in [0.15, 0.2) is 0 Å². The second-order valence-electron chi connectivity index (χ2n) is 2.89. The summed E-state index contributed by atoms with van der Waals surface area (Å²) in [4.78, 5) is 4.16. The van der Waals surface area contributed by atoms with Gasteiger partial charge in [0.1, 0.15) is 0 Å². The number of aromatic nitrogens is 4. The van der Waals surface area contributed by atoms with Crippen LogP contribution < -0.4 is 5.73 Å². The van der Waals surface area contributed by atoms with E-state index in [0.717, 1.165) is 5.69 Å². The van der Waals surface area contributed by atoms with Crippen molar-refractivity contribution in [3.8, 4) is 0 Å². The molecule has 13 heavy (non-hydrogen) atoms. The Balaban J connectivity index is 2.52. The Hall–Kier alpha value is -1.56. The lowest BCUT2D eigenvalue weighted by Gasteiger charge is -1.87. The molecule has 0 fully saturated rings. The van der Waals surface area contributed by atoms with E-state index < -0.39 is 0 Å². The predicted molar refractivity (Wildman–Crippen MR) is 47.3 cm³/mol. The molecule has 70 valence electrons. The number of hydrogen-bond acceptors (Lipinski definition) is 4. The number of rotatable bonds is 2. The van der Waals surface area contributed by atoms with E-state index in [1.54, 1.807) is 0 Å². The van der Waals surface area contributed by atoms with Gasteiger partial charge in [-0.1, -0.05) is 0 Å². The molecule has 0 aromatic carbocycles. The quantitative estimate of drug-likeness (QED) is 0.581. The van der Waals surface area contributed by atoms with Gasteiger partial charge in [0, 0.05) is 6.42 Å². The highest BCUT2D eigenvalue weighted by Crippen LogP contribution is 2.14. The number of aliphatic hydroxyl groups excluding tert-OH is 1. The minimum absolute atomic E-state index is 0.0477. The van der Waals surface area contributed by atoms with Crippen molar-refractivity contribution in [1.29, 1.82) is 0 Å². The largest absolute Gasteiger partial charge is 0.396 e. The molecule has 2 rings (SSSR count). The lowest BCUT2D eigenvalue weighted by molar-refractivity contribution is 0.296. The van der Waals surface area contributed by atoms with Gasteiger partial charge in [0.15, 0.2) is 11.5 Å². The van der Waals surface area contributed by atoms with E-state index in [4.69, 9.17) is 10.8 Å². The van der Waals surface area contributed by atoms with Crippen molar-refractivity contribution < 1.29 is 5.11 Å². The number of hydrogen-bond donors (Lipinski definition) is 3. The second kappa shape index (κ2) is 2.74. The molecule has 0 aliphatic heterocycles. The van der Waals surface area contributed by atoms with Gasteiger partial charge in [0.25, 0.3) is 0 Å². The van der Waals surface area contributed by atoms with Crippen molar-refractivity contribution >= 4 is 11.3 Å². The molecule has 0 aliphatic rings. The third kappa shape index (κ3) is 1.15. The summed E-state index contributed by atoms with van der Waals surface area (Å²) in [6.07, 6.45) is 0.452. The maximum atomic E-state index is 8.68. The van der Waals surface area contributed by atoms with Crippen LogP contribution in [0.1, 0.15) is 11.5 Å². The van der Waals surface area contributed by atoms with E-state index in [1.165, 1.54) is 4.63 Å². The van der Waals surface area contributed by atoms with Gasteiger partial charge < -0.3 is 10.8 Å². The molecule has 6 heteroatoms. The van der Waals surface area contributed by atoms with Crippen LogP contribution in [0, 0.1) is 6.92 Å². The molecule has 0 atom stereocenters. The number of nitrogen functional groups attached to an aromatic ring is 1. The number of anilines is 1. The second-order valence-corrected chi connectivity index (χ2v) is 2.89. The summed E-state index contributed by atoms with van der Waals surface area (Å²) < 4.78 is 1.52. The lowest BCUT2D eigenvalue weighted by Crippen LogP contribution is -1.95. The van der Waals surface area contributed by atoms with E-state index in [-0.39, 0.29) is 6.61 Å². The Kier molecular flexibility index (Phi) is 1.70. The van der Waals surface area contributed by atoms with E-state index in [2.05, 4.69) is 15.2 Å². The molecule has 0 unspecified atom stereocenters. The molecular formula is C7H11N5O. The van der Waals surface area contributed by atoms with Crippen LogP contribution in [0.5, 0.6) is 0 Å². The highest BCUT2D eigenvalue weighted by Gasteiger charge is 2.09. The third-order valence-electron chi connectivity index (χ3n) is 1.90. The lowest BCUT2D eigenvalue weighted by atomic mass is 10.4. The first-order chi connectivity index (χ1) is 6.22. The van der Waals surface area contributed by atoms with Crippen molar-refractivity contribution in [2.45, 2.75) is 13.3 Å². The van der Waals surface area contributed by atoms with E-state index in [0.29, 0.717) is 23.6 Å². The number of H-pyrrole nitrogens is 1. The number of nitrogens with one attached hydrogen (secondary N) is 1. The van der Waals surface area contributed by atoms with Crippen LogP contribution in [0.25, 0.3) is 5.65 Å². The first kappa shape index (κ1) is 8.06. The fourth-order valence-corrected chi connectivity index (χ4v) is 1.20. The zero-order valence-electron chi connectivity index (χ0n) is 7.28. The molecule has 0 saturated heterocycles. The van der Waals surface area contributed by atoms with Gasteiger partial charge in [-0.3, -0.25) is 5.10 Å². The van der Waals surface area contributed by atoms with Crippen LogP contribution in [-0.2, 0) is 6.42 Å². The Bertz CT molecular complexity index is 429. The maximum absolute atomic E-state index is 8.68. The third-order valence-corrected chi connectivity index (χ3v) is 1.90. The Labute approximate surface area is 74.4 Å². The van der Waals surface area contributed by atoms with Gasteiger partial charge in [-0.2, -0.15) is 4.63 Å². The Morgan fingerprint density at radius 2 is 2.38 bits per heavy atom. The number of aromatic amines is 1. The SMILES string of the molecule is Cc1[nH]n2nc(CCO)nc2c1N. The molecule has 2 aromatic rings. The molecule has 2 heterocycles. The van der Waals surface area contributed by atoms with E-state index in [1.807, 2.05) is 6.92 Å². The molecule has 4 N–H and O–H groups in total. The first-order valence-electron chi connectivity index (χ1n) is 4.03. The molecule has 0 radical (unpaired) electrons. The van der Waals surface area contributed by atoms with Gasteiger partial charge in [0.05, 0.1) is 18.0 Å². The van der Waals surface area contributed by atoms with Gasteiger partial charge >= 0.3 is 0 Å². The highest BCUT2D eigenvalue weighted by atomic mass is 16.3. The smallest absolute Gasteiger partial charge is 0.198 e. The van der Waals surface area contributed by atoms with Crippen LogP contribution in [0.4, 0.5) is 5.69 Å². The molecule has 0 spiro atoms. The molecule has 0 aliphatic carbocycles. The summed E-state index contributed by atoms with van der Waals surface area (Å²) in [7, 11) is 0. The van der Waals surface area contributed by atoms with Gasteiger partial charge in [-0.25, -0.2) is 4.98 Å². The molecule has 2 aromatic heterocycles. The molecule has 0 amide bonds. The minimum Gasteiger partial charge on any atom is -0.396 e. The highest BCUT2D eigenvalue weighted by molar-refractivity contribution is 5.66. The number of aryl methyl sites for hydroxylation is 1. The zero-order chi connectivity index (χ0) is 9.42. The van der Waals surface area contributed by atoms with Crippen molar-refractivity contribution in [2.24, 2.45) is 0 Å². The van der Waals surface area contributed by atoms with Crippen LogP contribution >= 0.6 is 0 Å². The van der Waals surface area contributed by atoms with E-state index in [9.17, 15) is 0 Å². The zero-order valence-corrected chi connectivity index (χ0v) is 7.28. The summed E-state index contributed by atoms with van der Waals surface area (Å²) in [5.41, 5.74) is 7.82. The summed E-state index contributed by atoms with van der Waals surface area (Å²) in [6, 6.07) is 0. The van der Waals surface area contributed by atoms with Crippen molar-refractivity contribution in [3.63, 3.8) is 0 Å². The summed E-state index contributed by atoms with van der Waals surface area (Å²) in [6.45, 7) is 1.91. The first-order valence-corrected chi connectivity index (χ1v) is 4.03. The van der Waals surface area contributed by atoms with Crippen molar-refractivity contribution in [3.05, 3.63) is 11.5 Å². The van der Waals surface area contributed by atoms with Crippen molar-refractivity contribution in [1.82, 2.24) is 19.8 Å². The number of fused-ring (bicyclic) bond motifs is 1. The average Bonchev–Trinajstić information content (AvgIpc) is 2.56. The monoisotopic (exact) mass is 181 g/mol. The fraction of sp³-hybridized carbons (Fsp3) is 0.429. The van der Waals surface area contributed by atoms with Gasteiger partial charge in [-0.15, -0.1) is 5.10 Å². The number of nitrogens with zero attached hydrogens (tertiary/aromatic N) is 3.